The highest BCUT2D eigenvalue weighted by Crippen LogP contribution is 2.21. The summed E-state index contributed by atoms with van der Waals surface area (Å²) in [5.41, 5.74) is 5.88. The van der Waals surface area contributed by atoms with Crippen LogP contribution in [0, 0.1) is 0 Å². The Morgan fingerprint density at radius 2 is 1.55 bits per heavy atom. The third-order valence-corrected chi connectivity index (χ3v) is 7.85. The summed E-state index contributed by atoms with van der Waals surface area (Å²) < 4.78 is 4.82. The van der Waals surface area contributed by atoms with Crippen molar-refractivity contribution in [2.24, 2.45) is 0 Å². The first-order valence-corrected chi connectivity index (χ1v) is 14.5. The Bertz CT molecular complexity index is 1190. The first-order valence-electron chi connectivity index (χ1n) is 14.5. The van der Waals surface area contributed by atoms with Crippen molar-refractivity contribution in [3.05, 3.63) is 107 Å². The third-order valence-electron chi connectivity index (χ3n) is 7.85. The fraction of sp³-hybridized carbons (Fsp3) is 0.441. The van der Waals surface area contributed by atoms with Crippen molar-refractivity contribution in [1.82, 2.24) is 20.0 Å². The van der Waals surface area contributed by atoms with Crippen molar-refractivity contribution in [3.8, 4) is 0 Å². The Balaban J connectivity index is 1.25. The summed E-state index contributed by atoms with van der Waals surface area (Å²) in [6, 6.07) is 28.8. The molecule has 0 radical (unpaired) electrons. The van der Waals surface area contributed by atoms with Crippen LogP contribution in [-0.4, -0.2) is 72.6 Å². The molecule has 1 saturated heterocycles. The number of likely N-dealkylation sites (N-methyl/N-ethyl adjacent to an activating group) is 1. The van der Waals surface area contributed by atoms with Crippen LogP contribution < -0.4 is 5.32 Å². The summed E-state index contributed by atoms with van der Waals surface area (Å²) in [6.45, 7) is 13.7. The highest BCUT2D eigenvalue weighted by atomic mass is 16.5. The zero-order valence-electron chi connectivity index (χ0n) is 24.8. The van der Waals surface area contributed by atoms with Crippen LogP contribution in [0.4, 0.5) is 0 Å². The maximum atomic E-state index is 11.7. The monoisotopic (exact) mass is 542 g/mol. The van der Waals surface area contributed by atoms with Gasteiger partial charge in [-0.1, -0.05) is 66.7 Å². The molecule has 3 aromatic rings. The highest BCUT2D eigenvalue weighted by molar-refractivity contribution is 5.89. The summed E-state index contributed by atoms with van der Waals surface area (Å²) >= 11 is 0. The molecule has 1 heterocycles. The number of nitrogens with zero attached hydrogens (tertiary/aromatic N) is 3. The first-order chi connectivity index (χ1) is 19.3. The normalized spacial score (nSPS) is 19.1. The Morgan fingerprint density at radius 1 is 0.900 bits per heavy atom. The molecule has 3 aromatic carbocycles. The van der Waals surface area contributed by atoms with Crippen LogP contribution in [0.1, 0.15) is 53.4 Å². The van der Waals surface area contributed by atoms with E-state index in [1.54, 1.807) is 0 Å². The van der Waals surface area contributed by atoms with Gasteiger partial charge in [0.05, 0.1) is 12.7 Å². The van der Waals surface area contributed by atoms with Gasteiger partial charge in [-0.25, -0.2) is 4.79 Å². The van der Waals surface area contributed by atoms with Gasteiger partial charge >= 0.3 is 5.97 Å². The number of hydrogen-bond acceptors (Lipinski definition) is 6. The van der Waals surface area contributed by atoms with Crippen molar-refractivity contribution in [2.45, 2.75) is 65.1 Å². The smallest absolute Gasteiger partial charge is 0.337 e. The molecule has 1 aliphatic rings. The van der Waals surface area contributed by atoms with Crippen LogP contribution in [0.15, 0.2) is 78.9 Å². The molecule has 1 unspecified atom stereocenters. The molecule has 0 amide bonds. The number of carbonyl (C=O) groups is 1. The Morgan fingerprint density at radius 3 is 2.23 bits per heavy atom. The molecule has 0 saturated carbocycles. The Labute approximate surface area is 240 Å². The lowest BCUT2D eigenvalue weighted by Gasteiger charge is -2.44. The summed E-state index contributed by atoms with van der Waals surface area (Å²) in [4.78, 5) is 19.3. The molecular weight excluding hydrogens is 496 g/mol. The van der Waals surface area contributed by atoms with Gasteiger partial charge in [0, 0.05) is 63.9 Å². The molecule has 0 aromatic heterocycles. The molecule has 6 nitrogen and oxygen atoms in total. The molecule has 3 atom stereocenters. The fourth-order valence-electron chi connectivity index (χ4n) is 5.86. The van der Waals surface area contributed by atoms with Crippen molar-refractivity contribution >= 4 is 5.97 Å². The minimum atomic E-state index is -0.289. The minimum absolute atomic E-state index is 0.289. The van der Waals surface area contributed by atoms with E-state index >= 15 is 0 Å². The number of nitrogens with one attached hydrogen (secondary N) is 1. The second kappa shape index (κ2) is 14.6. The second-order valence-electron chi connectivity index (χ2n) is 11.5. The lowest BCUT2D eigenvalue weighted by Crippen LogP contribution is -2.55. The average molecular weight is 543 g/mol. The van der Waals surface area contributed by atoms with Gasteiger partial charge < -0.3 is 15.0 Å². The standard InChI is InChI=1S/C34H46N4O2/c1-26(20-36(4)23-29-10-7-6-8-11-29)35-19-31-12-9-13-32(18-31)25-38-27(2)21-37(22-28(38)3)24-30-14-16-33(17-15-30)34(39)40-5/h6-18,26-28,35H,19-25H2,1-5H3/t26?,27-,28+. The van der Waals surface area contributed by atoms with E-state index in [2.05, 4.69) is 102 Å². The van der Waals surface area contributed by atoms with E-state index < -0.39 is 0 Å². The number of carbonyl (C=O) groups excluding carboxylic acids is 1. The molecule has 1 aliphatic heterocycles. The molecule has 6 heteroatoms. The maximum absolute atomic E-state index is 11.7. The van der Waals surface area contributed by atoms with Gasteiger partial charge in [0.25, 0.3) is 0 Å². The lowest BCUT2D eigenvalue weighted by molar-refractivity contribution is 0.0290. The number of rotatable bonds is 12. The zero-order chi connectivity index (χ0) is 28.5. The summed E-state index contributed by atoms with van der Waals surface area (Å²) in [6.07, 6.45) is 0. The van der Waals surface area contributed by atoms with Gasteiger partial charge in [0.2, 0.25) is 0 Å². The van der Waals surface area contributed by atoms with Gasteiger partial charge in [-0.05, 0) is 62.2 Å². The predicted octanol–water partition coefficient (Wildman–Crippen LogP) is 5.18. The van der Waals surface area contributed by atoms with E-state index in [0.29, 0.717) is 23.7 Å². The maximum Gasteiger partial charge on any atom is 0.337 e. The largest absolute Gasteiger partial charge is 0.465 e. The summed E-state index contributed by atoms with van der Waals surface area (Å²) in [5.74, 6) is -0.289. The molecule has 0 aliphatic carbocycles. The molecule has 40 heavy (non-hydrogen) atoms. The number of benzene rings is 3. The highest BCUT2D eigenvalue weighted by Gasteiger charge is 2.29. The van der Waals surface area contributed by atoms with Gasteiger partial charge in [0.15, 0.2) is 0 Å². The Kier molecular flexibility index (Phi) is 10.9. The van der Waals surface area contributed by atoms with Gasteiger partial charge in [-0.3, -0.25) is 9.80 Å². The van der Waals surface area contributed by atoms with Crippen LogP contribution in [0.2, 0.25) is 0 Å². The topological polar surface area (TPSA) is 48.1 Å². The number of piperazine rings is 1. The Hall–Kier alpha value is -3.03. The van der Waals surface area contributed by atoms with E-state index in [1.165, 1.54) is 29.4 Å². The van der Waals surface area contributed by atoms with Crippen molar-refractivity contribution in [1.29, 1.82) is 0 Å². The molecule has 1 fully saturated rings. The van der Waals surface area contributed by atoms with Crippen molar-refractivity contribution < 1.29 is 9.53 Å². The molecule has 0 spiro atoms. The predicted molar refractivity (Wildman–Crippen MR) is 163 cm³/mol. The van der Waals surface area contributed by atoms with Crippen LogP contribution in [0.5, 0.6) is 0 Å². The number of hydrogen-bond donors (Lipinski definition) is 1. The number of ether oxygens (including phenoxy) is 1. The average Bonchev–Trinajstić information content (AvgIpc) is 2.94. The van der Waals surface area contributed by atoms with Crippen LogP contribution in [0.3, 0.4) is 0 Å². The molecule has 1 N–H and O–H groups in total. The van der Waals surface area contributed by atoms with E-state index in [0.717, 1.165) is 45.8 Å². The molecule has 4 rings (SSSR count). The fourth-order valence-corrected chi connectivity index (χ4v) is 5.86. The van der Waals surface area contributed by atoms with Gasteiger partial charge in [0.1, 0.15) is 0 Å². The zero-order valence-corrected chi connectivity index (χ0v) is 24.8. The van der Waals surface area contributed by atoms with Crippen LogP contribution >= 0.6 is 0 Å². The van der Waals surface area contributed by atoms with E-state index in [4.69, 9.17) is 4.74 Å². The first kappa shape index (κ1) is 29.9. The molecular formula is C34H46N4O2. The number of esters is 1. The quantitative estimate of drug-likeness (QED) is 0.319. The van der Waals surface area contributed by atoms with Gasteiger partial charge in [-0.2, -0.15) is 0 Å². The van der Waals surface area contributed by atoms with Crippen molar-refractivity contribution in [3.63, 3.8) is 0 Å². The van der Waals surface area contributed by atoms with E-state index in [9.17, 15) is 4.79 Å². The molecule has 214 valence electrons. The summed E-state index contributed by atoms with van der Waals surface area (Å²) in [5, 5.41) is 3.72. The second-order valence-corrected chi connectivity index (χ2v) is 11.5. The van der Waals surface area contributed by atoms with Crippen molar-refractivity contribution in [2.75, 3.05) is 33.8 Å². The molecule has 0 bridgehead atoms. The lowest BCUT2D eigenvalue weighted by atomic mass is 10.0. The SMILES string of the molecule is COC(=O)c1ccc(CN2C[C@@H](C)N(Cc3cccc(CNC(C)CN(C)Cc4ccccc4)c3)[C@@H](C)C2)cc1. The third kappa shape index (κ3) is 8.73. The van der Waals surface area contributed by atoms with E-state index in [-0.39, 0.29) is 5.97 Å². The van der Waals surface area contributed by atoms with E-state index in [1.807, 2.05) is 24.3 Å². The van der Waals surface area contributed by atoms with Gasteiger partial charge in [-0.15, -0.1) is 0 Å². The summed E-state index contributed by atoms with van der Waals surface area (Å²) in [7, 11) is 3.61. The van der Waals surface area contributed by atoms with Crippen LogP contribution in [0.25, 0.3) is 0 Å². The minimum Gasteiger partial charge on any atom is -0.465 e. The number of methoxy groups -OCH3 is 1. The van der Waals surface area contributed by atoms with Crippen LogP contribution in [-0.2, 0) is 30.9 Å².